The van der Waals surface area contributed by atoms with Crippen molar-refractivity contribution in [3.05, 3.63) is 39.9 Å². The number of nitro groups is 1. The zero-order chi connectivity index (χ0) is 14.0. The van der Waals surface area contributed by atoms with Crippen molar-refractivity contribution in [1.29, 1.82) is 0 Å². The lowest BCUT2D eigenvalue weighted by Gasteiger charge is -2.19. The molecule has 1 aliphatic heterocycles. The number of ketones is 2. The number of amides is 1. The van der Waals surface area contributed by atoms with Gasteiger partial charge >= 0.3 is 0 Å². The Balaban J connectivity index is 2.33. The van der Waals surface area contributed by atoms with Gasteiger partial charge in [-0.25, -0.2) is 0 Å². The second-order valence-electron chi connectivity index (χ2n) is 4.11. The van der Waals surface area contributed by atoms with Gasteiger partial charge in [0.25, 0.3) is 5.69 Å². The van der Waals surface area contributed by atoms with Gasteiger partial charge in [-0.15, -0.1) is 0 Å². The molecule has 0 aromatic heterocycles. The third kappa shape index (κ3) is 2.49. The van der Waals surface area contributed by atoms with Crippen molar-refractivity contribution < 1.29 is 19.3 Å². The summed E-state index contributed by atoms with van der Waals surface area (Å²) in [5.74, 6) is -3.20. The number of carbonyl (C=O) groups excluding carboxylic acids is 3. The SMILES string of the molecule is O=C1CCNC(=O)C1C(=O)c1cccc([N+](=O)[O-])c1. The van der Waals surface area contributed by atoms with Crippen LogP contribution in [-0.4, -0.2) is 28.9 Å². The molecule has 0 bridgehead atoms. The van der Waals surface area contributed by atoms with Crippen LogP contribution in [0.4, 0.5) is 5.69 Å². The molecule has 1 N–H and O–H groups in total. The molecule has 0 spiro atoms. The summed E-state index contributed by atoms with van der Waals surface area (Å²) in [6.45, 7) is 0.219. The molecule has 1 amide bonds. The lowest BCUT2D eigenvalue weighted by molar-refractivity contribution is -0.384. The summed E-state index contributed by atoms with van der Waals surface area (Å²) in [6.07, 6.45) is 0.0943. The first-order chi connectivity index (χ1) is 9.00. The number of rotatable bonds is 3. The van der Waals surface area contributed by atoms with Crippen LogP contribution in [0.25, 0.3) is 0 Å². The zero-order valence-corrected chi connectivity index (χ0v) is 9.79. The highest BCUT2D eigenvalue weighted by molar-refractivity contribution is 6.24. The Morgan fingerprint density at radius 1 is 1.37 bits per heavy atom. The lowest BCUT2D eigenvalue weighted by Crippen LogP contribution is -2.46. The maximum absolute atomic E-state index is 12.1. The zero-order valence-electron chi connectivity index (χ0n) is 9.79. The molecule has 1 heterocycles. The molecule has 19 heavy (non-hydrogen) atoms. The van der Waals surface area contributed by atoms with E-state index < -0.39 is 28.3 Å². The Kier molecular flexibility index (Phi) is 3.37. The van der Waals surface area contributed by atoms with Crippen LogP contribution in [0.15, 0.2) is 24.3 Å². The summed E-state index contributed by atoms with van der Waals surface area (Å²) < 4.78 is 0. The van der Waals surface area contributed by atoms with Gasteiger partial charge in [0.1, 0.15) is 0 Å². The number of piperidine rings is 1. The number of Topliss-reactive ketones (excluding diaryl/α,β-unsaturated/α-hetero) is 2. The topological polar surface area (TPSA) is 106 Å². The van der Waals surface area contributed by atoms with E-state index in [0.717, 1.165) is 6.07 Å². The van der Waals surface area contributed by atoms with E-state index in [4.69, 9.17) is 0 Å². The van der Waals surface area contributed by atoms with E-state index in [-0.39, 0.29) is 24.2 Å². The summed E-state index contributed by atoms with van der Waals surface area (Å²) >= 11 is 0. The van der Waals surface area contributed by atoms with E-state index in [1.165, 1.54) is 18.2 Å². The Bertz CT molecular complexity index is 565. The number of non-ortho nitro benzene ring substituents is 1. The molecule has 0 aliphatic carbocycles. The molecule has 1 aromatic rings. The minimum Gasteiger partial charge on any atom is -0.355 e. The Morgan fingerprint density at radius 2 is 2.11 bits per heavy atom. The average Bonchev–Trinajstić information content (AvgIpc) is 2.38. The van der Waals surface area contributed by atoms with Crippen molar-refractivity contribution in [1.82, 2.24) is 5.32 Å². The van der Waals surface area contributed by atoms with Crippen molar-refractivity contribution in [3.63, 3.8) is 0 Å². The van der Waals surface area contributed by atoms with Gasteiger partial charge in [-0.3, -0.25) is 24.5 Å². The highest BCUT2D eigenvalue weighted by Gasteiger charge is 2.37. The summed E-state index contributed by atoms with van der Waals surface area (Å²) in [4.78, 5) is 45.3. The third-order valence-electron chi connectivity index (χ3n) is 2.86. The maximum atomic E-state index is 12.1. The quantitative estimate of drug-likeness (QED) is 0.369. The molecule has 1 aromatic carbocycles. The van der Waals surface area contributed by atoms with Crippen LogP contribution in [0.5, 0.6) is 0 Å². The minimum atomic E-state index is -1.39. The van der Waals surface area contributed by atoms with E-state index in [9.17, 15) is 24.5 Å². The van der Waals surface area contributed by atoms with Gasteiger partial charge in [0.05, 0.1) is 4.92 Å². The van der Waals surface area contributed by atoms with Gasteiger partial charge in [-0.1, -0.05) is 12.1 Å². The highest BCUT2D eigenvalue weighted by Crippen LogP contribution is 2.19. The predicted molar refractivity (Wildman–Crippen MR) is 63.6 cm³/mol. The van der Waals surface area contributed by atoms with Crippen molar-refractivity contribution in [2.75, 3.05) is 6.54 Å². The third-order valence-corrected chi connectivity index (χ3v) is 2.86. The number of hydrogen-bond acceptors (Lipinski definition) is 5. The Morgan fingerprint density at radius 3 is 2.74 bits per heavy atom. The first-order valence-corrected chi connectivity index (χ1v) is 5.60. The maximum Gasteiger partial charge on any atom is 0.270 e. The fourth-order valence-corrected chi connectivity index (χ4v) is 1.91. The van der Waals surface area contributed by atoms with Gasteiger partial charge in [-0.05, 0) is 0 Å². The van der Waals surface area contributed by atoms with Gasteiger partial charge in [0.2, 0.25) is 5.91 Å². The van der Waals surface area contributed by atoms with Crippen LogP contribution in [0, 0.1) is 16.0 Å². The Hall–Kier alpha value is -2.57. The molecular weight excluding hydrogens is 252 g/mol. The van der Waals surface area contributed by atoms with Crippen molar-refractivity contribution in [2.45, 2.75) is 6.42 Å². The second-order valence-corrected chi connectivity index (χ2v) is 4.11. The van der Waals surface area contributed by atoms with Crippen LogP contribution in [-0.2, 0) is 9.59 Å². The standard InChI is InChI=1S/C12H10N2O5/c15-9-4-5-13-12(17)10(9)11(16)7-2-1-3-8(6-7)14(18)19/h1-3,6,10H,4-5H2,(H,13,17). The molecule has 7 nitrogen and oxygen atoms in total. The first kappa shape index (κ1) is 12.9. The molecule has 0 radical (unpaired) electrons. The molecule has 7 heteroatoms. The number of hydrogen-bond donors (Lipinski definition) is 1. The smallest absolute Gasteiger partial charge is 0.270 e. The largest absolute Gasteiger partial charge is 0.355 e. The lowest BCUT2D eigenvalue weighted by atomic mass is 9.89. The average molecular weight is 262 g/mol. The van der Waals surface area contributed by atoms with Crippen LogP contribution < -0.4 is 5.32 Å². The van der Waals surface area contributed by atoms with Gasteiger partial charge < -0.3 is 5.32 Å². The van der Waals surface area contributed by atoms with Gasteiger partial charge in [0, 0.05) is 30.7 Å². The summed E-state index contributed by atoms with van der Waals surface area (Å²) in [5.41, 5.74) is -0.265. The highest BCUT2D eigenvalue weighted by atomic mass is 16.6. The fraction of sp³-hybridized carbons (Fsp3) is 0.250. The molecule has 0 saturated carbocycles. The molecule has 1 unspecified atom stereocenters. The van der Waals surface area contributed by atoms with Crippen LogP contribution in [0.2, 0.25) is 0 Å². The minimum absolute atomic E-state index is 0.00963. The van der Waals surface area contributed by atoms with E-state index in [1.807, 2.05) is 0 Å². The van der Waals surface area contributed by atoms with Crippen LogP contribution in [0.1, 0.15) is 16.8 Å². The van der Waals surface area contributed by atoms with E-state index in [2.05, 4.69) is 5.32 Å². The van der Waals surface area contributed by atoms with Gasteiger partial charge in [0.15, 0.2) is 17.5 Å². The summed E-state index contributed by atoms with van der Waals surface area (Å²) in [6, 6.07) is 5.00. The number of nitrogens with one attached hydrogen (secondary N) is 1. The summed E-state index contributed by atoms with van der Waals surface area (Å²) in [7, 11) is 0. The van der Waals surface area contributed by atoms with E-state index >= 15 is 0 Å². The predicted octanol–water partition coefficient (Wildman–Crippen LogP) is 0.483. The number of benzene rings is 1. The van der Waals surface area contributed by atoms with E-state index in [1.54, 1.807) is 0 Å². The van der Waals surface area contributed by atoms with Crippen LogP contribution in [0.3, 0.4) is 0 Å². The summed E-state index contributed by atoms with van der Waals surface area (Å²) in [5, 5.41) is 13.1. The fourth-order valence-electron chi connectivity index (χ4n) is 1.91. The molecule has 1 saturated heterocycles. The van der Waals surface area contributed by atoms with Crippen LogP contribution >= 0.6 is 0 Å². The molecule has 98 valence electrons. The Labute approximate surface area is 107 Å². The first-order valence-electron chi connectivity index (χ1n) is 5.60. The molecule has 1 atom stereocenters. The monoisotopic (exact) mass is 262 g/mol. The number of nitro benzene ring substituents is 1. The van der Waals surface area contributed by atoms with Gasteiger partial charge in [-0.2, -0.15) is 0 Å². The normalized spacial score (nSPS) is 18.8. The molecule has 1 fully saturated rings. The molecule has 1 aliphatic rings. The van der Waals surface area contributed by atoms with E-state index in [0.29, 0.717) is 0 Å². The number of nitrogens with zero attached hydrogens (tertiary/aromatic N) is 1. The molecular formula is C12H10N2O5. The number of carbonyl (C=O) groups is 3. The molecule has 2 rings (SSSR count). The van der Waals surface area contributed by atoms with Crippen molar-refractivity contribution >= 4 is 23.2 Å². The van der Waals surface area contributed by atoms with Crippen molar-refractivity contribution in [2.24, 2.45) is 5.92 Å². The second kappa shape index (κ2) is 4.97. The van der Waals surface area contributed by atoms with Crippen molar-refractivity contribution in [3.8, 4) is 0 Å².